The lowest BCUT2D eigenvalue weighted by atomic mass is 10.1. The van der Waals surface area contributed by atoms with E-state index >= 15 is 0 Å². The predicted molar refractivity (Wildman–Crippen MR) is 96.2 cm³/mol. The maximum absolute atomic E-state index is 11.6. The molecule has 0 spiro atoms. The molecule has 0 unspecified atom stereocenters. The highest BCUT2D eigenvalue weighted by Gasteiger charge is 2.14. The van der Waals surface area contributed by atoms with Crippen molar-refractivity contribution in [2.45, 2.75) is 33.0 Å². The number of fused-ring (bicyclic) bond motifs is 1. The number of aromatic nitrogens is 5. The molecule has 0 bridgehead atoms. The minimum atomic E-state index is -0.452. The second kappa shape index (κ2) is 7.71. The minimum Gasteiger partial charge on any atom is -0.461 e. The molecule has 0 aliphatic carbocycles. The Morgan fingerprint density at radius 2 is 1.89 bits per heavy atom. The number of ether oxygens (including phenoxy) is 2. The first kappa shape index (κ1) is 17.4. The fourth-order valence-electron chi connectivity index (χ4n) is 3.06. The predicted octanol–water partition coefficient (Wildman–Crippen LogP) is 1.82. The highest BCUT2D eigenvalue weighted by molar-refractivity contribution is 5.86. The zero-order valence-corrected chi connectivity index (χ0v) is 15.2. The molecule has 0 fully saturated rings. The molecular weight excluding hydrogens is 346 g/mol. The first-order chi connectivity index (χ1) is 13.2. The van der Waals surface area contributed by atoms with Crippen LogP contribution >= 0.6 is 0 Å². The van der Waals surface area contributed by atoms with Crippen molar-refractivity contribution in [3.05, 3.63) is 64.7 Å². The number of rotatable bonds is 6. The van der Waals surface area contributed by atoms with E-state index in [1.165, 1.54) is 11.1 Å². The number of esters is 1. The van der Waals surface area contributed by atoms with Crippen LogP contribution in [0.1, 0.15) is 39.8 Å². The van der Waals surface area contributed by atoms with Crippen LogP contribution in [-0.2, 0) is 35.6 Å². The average molecular weight is 367 g/mol. The molecule has 1 aliphatic heterocycles. The van der Waals surface area contributed by atoms with Crippen molar-refractivity contribution in [1.82, 2.24) is 24.8 Å². The van der Waals surface area contributed by atoms with E-state index in [0.717, 1.165) is 30.8 Å². The molecular formula is C19H21N5O3. The van der Waals surface area contributed by atoms with E-state index in [2.05, 4.69) is 33.7 Å². The van der Waals surface area contributed by atoms with E-state index in [4.69, 9.17) is 9.47 Å². The summed E-state index contributed by atoms with van der Waals surface area (Å²) in [5.41, 5.74) is 4.79. The summed E-state index contributed by atoms with van der Waals surface area (Å²) >= 11 is 0. The second-order valence-electron chi connectivity index (χ2n) is 6.44. The number of hydrogen-bond acceptors (Lipinski definition) is 6. The Morgan fingerprint density at radius 1 is 1.15 bits per heavy atom. The lowest BCUT2D eigenvalue weighted by Gasteiger charge is -2.08. The van der Waals surface area contributed by atoms with Gasteiger partial charge in [0.15, 0.2) is 5.69 Å². The Bertz CT molecular complexity index is 906. The van der Waals surface area contributed by atoms with E-state index in [1.54, 1.807) is 17.8 Å². The Hall–Kier alpha value is -3.00. The number of benzene rings is 1. The summed E-state index contributed by atoms with van der Waals surface area (Å²) in [4.78, 5) is 11.6. The molecule has 0 saturated heterocycles. The van der Waals surface area contributed by atoms with Gasteiger partial charge in [0.1, 0.15) is 0 Å². The second-order valence-corrected chi connectivity index (χ2v) is 6.44. The topological polar surface area (TPSA) is 84.1 Å². The first-order valence-corrected chi connectivity index (χ1v) is 8.99. The average Bonchev–Trinajstić information content (AvgIpc) is 3.30. The minimum absolute atomic E-state index is 0.222. The molecule has 0 radical (unpaired) electrons. The van der Waals surface area contributed by atoms with Gasteiger partial charge >= 0.3 is 5.97 Å². The van der Waals surface area contributed by atoms with Crippen LogP contribution in [0, 0.1) is 0 Å². The molecule has 140 valence electrons. The van der Waals surface area contributed by atoms with E-state index in [1.807, 2.05) is 16.8 Å². The highest BCUT2D eigenvalue weighted by Crippen LogP contribution is 2.16. The van der Waals surface area contributed by atoms with Crippen molar-refractivity contribution in [3.63, 3.8) is 0 Å². The number of carbonyl (C=O) groups is 1. The SMILES string of the molecule is CCOC(=O)c1cn(Cc2ccc(Cn3cc4c(n3)CCOC4)cc2)nn1. The summed E-state index contributed by atoms with van der Waals surface area (Å²) in [6, 6.07) is 8.26. The first-order valence-electron chi connectivity index (χ1n) is 8.99. The van der Waals surface area contributed by atoms with Crippen LogP contribution in [0.2, 0.25) is 0 Å². The normalized spacial score (nSPS) is 13.4. The Kier molecular flexibility index (Phi) is 4.97. The zero-order valence-electron chi connectivity index (χ0n) is 15.2. The van der Waals surface area contributed by atoms with Crippen LogP contribution in [0.15, 0.2) is 36.7 Å². The van der Waals surface area contributed by atoms with Crippen molar-refractivity contribution in [2.24, 2.45) is 0 Å². The van der Waals surface area contributed by atoms with Gasteiger partial charge in [-0.1, -0.05) is 29.5 Å². The smallest absolute Gasteiger partial charge is 0.360 e. The molecule has 3 heterocycles. The maximum atomic E-state index is 11.6. The molecule has 0 atom stereocenters. The van der Waals surface area contributed by atoms with Gasteiger partial charge in [-0.05, 0) is 18.1 Å². The van der Waals surface area contributed by atoms with Gasteiger partial charge in [-0.3, -0.25) is 4.68 Å². The Labute approximate surface area is 156 Å². The van der Waals surface area contributed by atoms with E-state index in [9.17, 15) is 4.79 Å². The van der Waals surface area contributed by atoms with Gasteiger partial charge < -0.3 is 9.47 Å². The molecule has 1 aromatic carbocycles. The van der Waals surface area contributed by atoms with E-state index < -0.39 is 5.97 Å². The van der Waals surface area contributed by atoms with Gasteiger partial charge in [0, 0.05) is 18.2 Å². The number of nitrogens with zero attached hydrogens (tertiary/aromatic N) is 5. The highest BCUT2D eigenvalue weighted by atomic mass is 16.5. The summed E-state index contributed by atoms with van der Waals surface area (Å²) in [5, 5.41) is 12.5. The number of hydrogen-bond donors (Lipinski definition) is 0. The third-order valence-electron chi connectivity index (χ3n) is 4.40. The van der Waals surface area contributed by atoms with Crippen LogP contribution in [0.5, 0.6) is 0 Å². The summed E-state index contributed by atoms with van der Waals surface area (Å²) < 4.78 is 14.0. The molecule has 8 nitrogen and oxygen atoms in total. The quantitative estimate of drug-likeness (QED) is 0.618. The van der Waals surface area contributed by atoms with Crippen molar-refractivity contribution in [3.8, 4) is 0 Å². The van der Waals surface area contributed by atoms with Gasteiger partial charge in [0.25, 0.3) is 0 Å². The Morgan fingerprint density at radius 3 is 2.59 bits per heavy atom. The molecule has 0 amide bonds. The molecule has 2 aromatic heterocycles. The maximum Gasteiger partial charge on any atom is 0.360 e. The van der Waals surface area contributed by atoms with Crippen molar-refractivity contribution in [1.29, 1.82) is 0 Å². The zero-order chi connectivity index (χ0) is 18.6. The van der Waals surface area contributed by atoms with E-state index in [0.29, 0.717) is 19.8 Å². The molecule has 4 rings (SSSR count). The van der Waals surface area contributed by atoms with E-state index in [-0.39, 0.29) is 5.69 Å². The summed E-state index contributed by atoms with van der Waals surface area (Å²) in [6.07, 6.45) is 4.55. The number of carbonyl (C=O) groups excluding carboxylic acids is 1. The molecule has 3 aromatic rings. The van der Waals surface area contributed by atoms with Crippen LogP contribution in [0.3, 0.4) is 0 Å². The lowest BCUT2D eigenvalue weighted by Crippen LogP contribution is -2.08. The molecule has 0 saturated carbocycles. The van der Waals surface area contributed by atoms with Crippen LogP contribution in [0.4, 0.5) is 0 Å². The lowest BCUT2D eigenvalue weighted by molar-refractivity contribution is 0.0519. The molecule has 1 aliphatic rings. The largest absolute Gasteiger partial charge is 0.461 e. The van der Waals surface area contributed by atoms with Crippen LogP contribution < -0.4 is 0 Å². The van der Waals surface area contributed by atoms with Gasteiger partial charge in [0.05, 0.1) is 44.8 Å². The van der Waals surface area contributed by atoms with Crippen molar-refractivity contribution >= 4 is 5.97 Å². The summed E-state index contributed by atoms with van der Waals surface area (Å²) in [6.45, 7) is 4.75. The van der Waals surface area contributed by atoms with Gasteiger partial charge in [-0.25, -0.2) is 9.48 Å². The Balaban J connectivity index is 1.39. The van der Waals surface area contributed by atoms with Crippen molar-refractivity contribution < 1.29 is 14.3 Å². The van der Waals surface area contributed by atoms with Gasteiger partial charge in [-0.2, -0.15) is 5.10 Å². The molecule has 0 N–H and O–H groups in total. The van der Waals surface area contributed by atoms with Gasteiger partial charge in [-0.15, -0.1) is 5.10 Å². The molecule has 8 heteroatoms. The van der Waals surface area contributed by atoms with Crippen molar-refractivity contribution in [2.75, 3.05) is 13.2 Å². The summed E-state index contributed by atoms with van der Waals surface area (Å²) in [5.74, 6) is -0.452. The fourth-order valence-corrected chi connectivity index (χ4v) is 3.06. The van der Waals surface area contributed by atoms with Crippen LogP contribution in [0.25, 0.3) is 0 Å². The van der Waals surface area contributed by atoms with Crippen LogP contribution in [-0.4, -0.2) is 44.0 Å². The standard InChI is InChI=1S/C19H21N5O3/c1-2-27-19(25)18-12-24(22-20-18)10-15-5-3-14(4-6-15)9-23-11-16-13-26-8-7-17(16)21-23/h3-6,11-12H,2,7-10,13H2,1H3. The third-order valence-corrected chi connectivity index (χ3v) is 4.40. The fraction of sp³-hybridized carbons (Fsp3) is 0.368. The van der Waals surface area contributed by atoms with Gasteiger partial charge in [0.2, 0.25) is 0 Å². The third kappa shape index (κ3) is 4.06. The molecule has 27 heavy (non-hydrogen) atoms. The monoisotopic (exact) mass is 367 g/mol. The summed E-state index contributed by atoms with van der Waals surface area (Å²) in [7, 11) is 0.